The van der Waals surface area contributed by atoms with Crippen molar-refractivity contribution in [2.75, 3.05) is 31.1 Å². The van der Waals surface area contributed by atoms with Crippen LogP contribution in [0.3, 0.4) is 0 Å². The van der Waals surface area contributed by atoms with E-state index < -0.39 is 0 Å². The van der Waals surface area contributed by atoms with Gasteiger partial charge in [0.15, 0.2) is 0 Å². The minimum atomic E-state index is -0.105. The van der Waals surface area contributed by atoms with Crippen LogP contribution < -0.4 is 20.3 Å². The zero-order valence-electron chi connectivity index (χ0n) is 24.5. The second kappa shape index (κ2) is 16.8. The molecule has 39 heavy (non-hydrogen) atoms. The van der Waals surface area contributed by atoms with Gasteiger partial charge in [0.2, 0.25) is 0 Å². The Morgan fingerprint density at radius 2 is 1.51 bits per heavy atom. The first-order valence-electron chi connectivity index (χ1n) is 14.0. The first kappa shape index (κ1) is 31.2. The van der Waals surface area contributed by atoms with E-state index in [1.165, 1.54) is 5.56 Å². The summed E-state index contributed by atoms with van der Waals surface area (Å²) in [5.74, 6) is 0.737. The zero-order valence-corrected chi connectivity index (χ0v) is 24.5. The van der Waals surface area contributed by atoms with Crippen molar-refractivity contribution in [3.8, 4) is 5.75 Å². The zero-order chi connectivity index (χ0) is 28.6. The molecule has 2 N–H and O–H groups in total. The minimum Gasteiger partial charge on any atom is -0.494 e. The summed E-state index contributed by atoms with van der Waals surface area (Å²) >= 11 is 0. The molecular weight excluding hydrogens is 482 g/mol. The van der Waals surface area contributed by atoms with Crippen LogP contribution in [0.15, 0.2) is 97.2 Å². The Morgan fingerprint density at radius 3 is 2.10 bits per heavy atom. The highest BCUT2D eigenvalue weighted by atomic mass is 16.5. The van der Waals surface area contributed by atoms with Crippen molar-refractivity contribution < 1.29 is 9.53 Å². The van der Waals surface area contributed by atoms with E-state index in [1.807, 2.05) is 39.0 Å². The average molecular weight is 528 g/mol. The van der Waals surface area contributed by atoms with E-state index >= 15 is 0 Å². The Labute approximate surface area is 235 Å². The van der Waals surface area contributed by atoms with Crippen molar-refractivity contribution in [3.05, 3.63) is 114 Å². The van der Waals surface area contributed by atoms with Crippen LogP contribution in [0, 0.1) is 12.8 Å². The maximum Gasteiger partial charge on any atom is 0.251 e. The summed E-state index contributed by atoms with van der Waals surface area (Å²) in [5.41, 5.74) is 6.22. The number of nitrogens with zero attached hydrogens (tertiary/aromatic N) is 1. The standard InChI is InChI=1S/C32H39N3O2.C2H6/c1-6-35(29-17-13-24(3)14-18-29)31(27-11-9-8-10-12-27)23-25(4)26(5)33-21-22-34-32(36)28-15-19-30(20-16-28)37-7-2;1-2/h8-20,23,25,33H,5-7,21-22H2,1-4H3,(H,34,36);1-2H3/b31-23-;. The van der Waals surface area contributed by atoms with Crippen LogP contribution in [0.25, 0.3) is 5.70 Å². The van der Waals surface area contributed by atoms with E-state index in [4.69, 9.17) is 4.74 Å². The van der Waals surface area contributed by atoms with Gasteiger partial charge < -0.3 is 20.3 Å². The molecule has 0 spiro atoms. The second-order valence-electron chi connectivity index (χ2n) is 8.95. The predicted molar refractivity (Wildman–Crippen MR) is 166 cm³/mol. The molecule has 0 saturated carbocycles. The number of carbonyl (C=O) groups excluding carboxylic acids is 1. The van der Waals surface area contributed by atoms with Crippen LogP contribution in [0.5, 0.6) is 5.75 Å². The number of ether oxygens (including phenoxy) is 1. The molecule has 3 aromatic rings. The van der Waals surface area contributed by atoms with E-state index in [-0.39, 0.29) is 11.8 Å². The molecule has 0 aliphatic heterocycles. The molecule has 208 valence electrons. The van der Waals surface area contributed by atoms with Crippen molar-refractivity contribution in [2.24, 2.45) is 5.92 Å². The van der Waals surface area contributed by atoms with Crippen LogP contribution in [0.2, 0.25) is 0 Å². The Morgan fingerprint density at radius 1 is 0.897 bits per heavy atom. The van der Waals surface area contributed by atoms with Gasteiger partial charge in [-0.25, -0.2) is 0 Å². The van der Waals surface area contributed by atoms with E-state index in [1.54, 1.807) is 12.1 Å². The molecule has 0 aliphatic rings. The number of nitrogens with one attached hydrogen (secondary N) is 2. The summed E-state index contributed by atoms with van der Waals surface area (Å²) in [5, 5.41) is 6.34. The van der Waals surface area contributed by atoms with Gasteiger partial charge in [-0.3, -0.25) is 4.79 Å². The molecule has 3 rings (SSSR count). The van der Waals surface area contributed by atoms with Crippen molar-refractivity contribution in [1.82, 2.24) is 10.6 Å². The van der Waals surface area contributed by atoms with Gasteiger partial charge in [0.1, 0.15) is 5.75 Å². The maximum atomic E-state index is 12.4. The Hall–Kier alpha value is -3.99. The predicted octanol–water partition coefficient (Wildman–Crippen LogP) is 7.46. The highest BCUT2D eigenvalue weighted by molar-refractivity contribution is 5.94. The third kappa shape index (κ3) is 9.68. The van der Waals surface area contributed by atoms with Crippen LogP contribution in [-0.4, -0.2) is 32.1 Å². The third-order valence-electron chi connectivity index (χ3n) is 6.17. The van der Waals surface area contributed by atoms with Gasteiger partial charge in [-0.15, -0.1) is 0 Å². The lowest BCUT2D eigenvalue weighted by molar-refractivity contribution is 0.0954. The number of hydrogen-bond acceptors (Lipinski definition) is 4. The first-order chi connectivity index (χ1) is 18.9. The number of amides is 1. The molecule has 0 fully saturated rings. The van der Waals surface area contributed by atoms with E-state index in [0.717, 1.165) is 34.9 Å². The Kier molecular flexibility index (Phi) is 13.4. The van der Waals surface area contributed by atoms with Gasteiger partial charge in [-0.05, 0) is 62.7 Å². The van der Waals surface area contributed by atoms with E-state index in [9.17, 15) is 4.79 Å². The number of carbonyl (C=O) groups is 1. The monoisotopic (exact) mass is 527 g/mol. The normalized spacial score (nSPS) is 11.5. The summed E-state index contributed by atoms with van der Waals surface area (Å²) in [4.78, 5) is 14.8. The Balaban J connectivity index is 0.00000260. The van der Waals surface area contributed by atoms with Crippen LogP contribution >= 0.6 is 0 Å². The van der Waals surface area contributed by atoms with Gasteiger partial charge in [-0.2, -0.15) is 0 Å². The van der Waals surface area contributed by atoms with Gasteiger partial charge in [0, 0.05) is 48.2 Å². The number of aryl methyl sites for hydroxylation is 1. The Bertz CT molecular complexity index is 1170. The smallest absolute Gasteiger partial charge is 0.251 e. The quantitative estimate of drug-likeness (QED) is 0.227. The summed E-state index contributed by atoms with van der Waals surface area (Å²) in [6.45, 7) is 19.2. The van der Waals surface area contributed by atoms with E-state index in [2.05, 4.69) is 97.5 Å². The topological polar surface area (TPSA) is 53.6 Å². The van der Waals surface area contributed by atoms with E-state index in [0.29, 0.717) is 25.3 Å². The fourth-order valence-electron chi connectivity index (χ4n) is 4.04. The molecule has 1 atom stereocenters. The number of hydrogen-bond donors (Lipinski definition) is 2. The highest BCUT2D eigenvalue weighted by Crippen LogP contribution is 2.28. The van der Waals surface area contributed by atoms with Crippen molar-refractivity contribution in [3.63, 3.8) is 0 Å². The van der Waals surface area contributed by atoms with Gasteiger partial charge in [-0.1, -0.05) is 81.5 Å². The molecule has 0 heterocycles. The van der Waals surface area contributed by atoms with Gasteiger partial charge in [0.25, 0.3) is 5.91 Å². The largest absolute Gasteiger partial charge is 0.494 e. The van der Waals surface area contributed by atoms with Crippen molar-refractivity contribution >= 4 is 17.3 Å². The van der Waals surface area contributed by atoms with Crippen LogP contribution in [-0.2, 0) is 0 Å². The van der Waals surface area contributed by atoms with Gasteiger partial charge >= 0.3 is 0 Å². The summed E-state index contributed by atoms with van der Waals surface area (Å²) in [7, 11) is 0. The minimum absolute atomic E-state index is 0.0801. The second-order valence-corrected chi connectivity index (χ2v) is 8.95. The number of benzene rings is 3. The molecule has 0 radical (unpaired) electrons. The highest BCUT2D eigenvalue weighted by Gasteiger charge is 2.15. The third-order valence-corrected chi connectivity index (χ3v) is 6.17. The lowest BCUT2D eigenvalue weighted by Gasteiger charge is -2.28. The lowest BCUT2D eigenvalue weighted by Crippen LogP contribution is -2.32. The molecule has 0 saturated heterocycles. The summed E-state index contributed by atoms with van der Waals surface area (Å²) in [6.07, 6.45) is 2.26. The molecule has 3 aromatic carbocycles. The number of allylic oxidation sites excluding steroid dienone is 1. The molecule has 1 amide bonds. The van der Waals surface area contributed by atoms with Crippen LogP contribution in [0.1, 0.15) is 56.1 Å². The molecule has 0 aromatic heterocycles. The maximum absolute atomic E-state index is 12.4. The molecule has 0 aliphatic carbocycles. The molecule has 0 bridgehead atoms. The van der Waals surface area contributed by atoms with Crippen molar-refractivity contribution in [1.29, 1.82) is 0 Å². The average Bonchev–Trinajstić information content (AvgIpc) is 2.97. The van der Waals surface area contributed by atoms with Crippen LogP contribution in [0.4, 0.5) is 5.69 Å². The molecule has 5 nitrogen and oxygen atoms in total. The molecule has 5 heteroatoms. The fourth-order valence-corrected chi connectivity index (χ4v) is 4.04. The summed E-state index contributed by atoms with van der Waals surface area (Å²) < 4.78 is 5.44. The van der Waals surface area contributed by atoms with Crippen molar-refractivity contribution in [2.45, 2.75) is 41.5 Å². The molecular formula is C34H45N3O2. The summed E-state index contributed by atoms with van der Waals surface area (Å²) in [6, 6.07) is 26.3. The van der Waals surface area contributed by atoms with Gasteiger partial charge in [0.05, 0.1) is 6.61 Å². The molecule has 1 unspecified atom stereocenters. The first-order valence-corrected chi connectivity index (χ1v) is 14.0. The fraction of sp³-hybridized carbons (Fsp3) is 0.324. The number of anilines is 1. The number of rotatable bonds is 13. The lowest BCUT2D eigenvalue weighted by atomic mass is 10.0. The SMILES string of the molecule is C=C(NCCNC(=O)c1ccc(OCC)cc1)C(C)/C=C(/c1ccccc1)N(CC)c1ccc(C)cc1.CC.